The average Bonchev–Trinajstić information content (AvgIpc) is 2.61. The van der Waals surface area contributed by atoms with Gasteiger partial charge in [0.1, 0.15) is 0 Å². The molecule has 0 bridgehead atoms. The number of allylic oxidation sites excluding steroid dienone is 2. The first-order valence-corrected chi connectivity index (χ1v) is 10.5. The first-order valence-electron chi connectivity index (χ1n) is 10.5. The third kappa shape index (κ3) is 7.42. The van der Waals surface area contributed by atoms with Crippen molar-refractivity contribution in [3.05, 3.63) is 12.2 Å². The predicted octanol–water partition coefficient (Wildman–Crippen LogP) is 6.91. The second-order valence-electron chi connectivity index (χ2n) is 8.20. The fraction of sp³-hybridized carbons (Fsp3) is 0.909. The molecule has 0 aromatic heterocycles. The third-order valence-electron chi connectivity index (χ3n) is 6.55. The molecule has 0 amide bonds. The molecule has 0 heterocycles. The average molecular weight is 321 g/mol. The highest BCUT2D eigenvalue weighted by Crippen LogP contribution is 2.35. The normalized spacial score (nSPS) is 32.4. The van der Waals surface area contributed by atoms with Crippen molar-refractivity contribution in [2.75, 3.05) is 7.11 Å². The van der Waals surface area contributed by atoms with Crippen molar-refractivity contribution < 1.29 is 4.74 Å². The first-order chi connectivity index (χ1) is 11.3. The molecule has 0 atom stereocenters. The molecule has 2 rings (SSSR count). The predicted molar refractivity (Wildman–Crippen MR) is 101 cm³/mol. The maximum Gasteiger partial charge on any atom is 0.0571 e. The summed E-state index contributed by atoms with van der Waals surface area (Å²) in [6.07, 6.45) is 25.3. The van der Waals surface area contributed by atoms with Crippen LogP contribution in [-0.4, -0.2) is 13.2 Å². The first kappa shape index (κ1) is 19.0. The van der Waals surface area contributed by atoms with Gasteiger partial charge in [0.25, 0.3) is 0 Å². The zero-order valence-electron chi connectivity index (χ0n) is 15.8. The molecule has 0 spiro atoms. The second-order valence-corrected chi connectivity index (χ2v) is 8.20. The molecule has 0 aromatic rings. The molecule has 0 saturated heterocycles. The van der Waals surface area contributed by atoms with Gasteiger partial charge < -0.3 is 4.74 Å². The molecule has 23 heavy (non-hydrogen) atoms. The summed E-state index contributed by atoms with van der Waals surface area (Å²) in [5.74, 6) is 3.08. The highest BCUT2D eigenvalue weighted by Gasteiger charge is 2.22. The van der Waals surface area contributed by atoms with Crippen molar-refractivity contribution in [3.63, 3.8) is 0 Å². The zero-order valence-corrected chi connectivity index (χ0v) is 15.8. The van der Waals surface area contributed by atoms with Crippen LogP contribution in [0.25, 0.3) is 0 Å². The van der Waals surface area contributed by atoms with E-state index >= 15 is 0 Å². The Kier molecular flexibility index (Phi) is 9.34. The highest BCUT2D eigenvalue weighted by atomic mass is 16.5. The molecule has 134 valence electrons. The van der Waals surface area contributed by atoms with E-state index in [2.05, 4.69) is 19.1 Å². The smallest absolute Gasteiger partial charge is 0.0571 e. The van der Waals surface area contributed by atoms with Gasteiger partial charge in [0.05, 0.1) is 6.10 Å². The van der Waals surface area contributed by atoms with Gasteiger partial charge >= 0.3 is 0 Å². The van der Waals surface area contributed by atoms with Crippen LogP contribution < -0.4 is 0 Å². The fourth-order valence-electron chi connectivity index (χ4n) is 4.83. The number of rotatable bonds is 9. The summed E-state index contributed by atoms with van der Waals surface area (Å²) >= 11 is 0. The molecule has 0 unspecified atom stereocenters. The van der Waals surface area contributed by atoms with Gasteiger partial charge in [-0.1, -0.05) is 63.5 Å². The summed E-state index contributed by atoms with van der Waals surface area (Å²) in [7, 11) is 1.88. The van der Waals surface area contributed by atoms with Crippen LogP contribution in [0.4, 0.5) is 0 Å². The largest absolute Gasteiger partial charge is 0.381 e. The van der Waals surface area contributed by atoms with Gasteiger partial charge in [0, 0.05) is 7.11 Å². The Balaban J connectivity index is 1.46. The summed E-state index contributed by atoms with van der Waals surface area (Å²) in [5.41, 5.74) is 0. The van der Waals surface area contributed by atoms with Gasteiger partial charge in [0.2, 0.25) is 0 Å². The van der Waals surface area contributed by atoms with Crippen molar-refractivity contribution >= 4 is 0 Å². The van der Waals surface area contributed by atoms with E-state index in [0.29, 0.717) is 6.10 Å². The summed E-state index contributed by atoms with van der Waals surface area (Å²) in [4.78, 5) is 0. The van der Waals surface area contributed by atoms with Crippen LogP contribution in [0.2, 0.25) is 0 Å². The van der Waals surface area contributed by atoms with Crippen molar-refractivity contribution in [2.45, 2.75) is 103 Å². The van der Waals surface area contributed by atoms with Crippen LogP contribution in [0, 0.1) is 17.8 Å². The van der Waals surface area contributed by atoms with Gasteiger partial charge in [0.15, 0.2) is 0 Å². The summed E-state index contributed by atoms with van der Waals surface area (Å²) in [6, 6.07) is 0. The van der Waals surface area contributed by atoms with E-state index in [1.807, 2.05) is 7.11 Å². The lowest BCUT2D eigenvalue weighted by Crippen LogP contribution is -2.20. The Hall–Kier alpha value is -0.300. The van der Waals surface area contributed by atoms with Crippen LogP contribution in [0.5, 0.6) is 0 Å². The molecule has 0 radical (unpaired) electrons. The maximum absolute atomic E-state index is 5.48. The fourth-order valence-corrected chi connectivity index (χ4v) is 4.83. The van der Waals surface area contributed by atoms with Crippen LogP contribution in [0.1, 0.15) is 96.8 Å². The van der Waals surface area contributed by atoms with Gasteiger partial charge in [-0.25, -0.2) is 0 Å². The molecular formula is C22H40O. The van der Waals surface area contributed by atoms with Crippen molar-refractivity contribution in [1.82, 2.24) is 0 Å². The molecule has 2 aliphatic carbocycles. The van der Waals surface area contributed by atoms with Crippen LogP contribution in [0.15, 0.2) is 12.2 Å². The number of hydrogen-bond donors (Lipinski definition) is 0. The Morgan fingerprint density at radius 1 is 0.739 bits per heavy atom. The summed E-state index contributed by atoms with van der Waals surface area (Å²) < 4.78 is 5.48. The lowest BCUT2D eigenvalue weighted by atomic mass is 9.77. The van der Waals surface area contributed by atoms with E-state index in [1.165, 1.54) is 89.9 Å². The van der Waals surface area contributed by atoms with E-state index in [-0.39, 0.29) is 0 Å². The molecule has 2 fully saturated rings. The minimum Gasteiger partial charge on any atom is -0.381 e. The van der Waals surface area contributed by atoms with Crippen molar-refractivity contribution in [1.29, 1.82) is 0 Å². The van der Waals surface area contributed by atoms with E-state index in [9.17, 15) is 0 Å². The number of methoxy groups -OCH3 is 1. The van der Waals surface area contributed by atoms with Gasteiger partial charge in [-0.15, -0.1) is 0 Å². The molecule has 1 nitrogen and oxygen atoms in total. The second kappa shape index (κ2) is 11.3. The van der Waals surface area contributed by atoms with Crippen LogP contribution >= 0.6 is 0 Å². The quantitative estimate of drug-likeness (QED) is 0.331. The Morgan fingerprint density at radius 2 is 1.22 bits per heavy atom. The van der Waals surface area contributed by atoms with Crippen LogP contribution in [0.3, 0.4) is 0 Å². The Morgan fingerprint density at radius 3 is 1.70 bits per heavy atom. The van der Waals surface area contributed by atoms with E-state index in [4.69, 9.17) is 4.74 Å². The van der Waals surface area contributed by atoms with Gasteiger partial charge in [-0.2, -0.15) is 0 Å². The van der Waals surface area contributed by atoms with E-state index in [1.54, 1.807) is 0 Å². The number of hydrogen-bond acceptors (Lipinski definition) is 1. The molecule has 2 aliphatic rings. The summed E-state index contributed by atoms with van der Waals surface area (Å²) in [6.45, 7) is 2.14. The van der Waals surface area contributed by atoms with Crippen molar-refractivity contribution in [2.24, 2.45) is 17.8 Å². The molecule has 0 aromatic carbocycles. The monoisotopic (exact) mass is 320 g/mol. The summed E-state index contributed by atoms with van der Waals surface area (Å²) in [5, 5.41) is 0. The lowest BCUT2D eigenvalue weighted by molar-refractivity contribution is 0.0551. The molecular weight excluding hydrogens is 280 g/mol. The molecule has 1 heteroatoms. The Labute approximate surface area is 145 Å². The van der Waals surface area contributed by atoms with Crippen LogP contribution in [-0.2, 0) is 4.74 Å². The lowest BCUT2D eigenvalue weighted by Gasteiger charge is -2.29. The molecule has 0 N–H and O–H groups in total. The highest BCUT2D eigenvalue weighted by molar-refractivity contribution is 4.80. The minimum absolute atomic E-state index is 0.564. The standard InChI is InChI=1S/C22H40O/c1-3-4-5-8-19-11-13-20(14-12-19)9-6-7-10-21-15-17-22(23-2)18-16-21/h3-4,19-22H,5-18H2,1-2H3/b4-3+. The van der Waals surface area contributed by atoms with E-state index in [0.717, 1.165) is 17.8 Å². The number of unbranched alkanes of at least 4 members (excludes halogenated alkanes) is 1. The molecule has 2 saturated carbocycles. The molecule has 0 aliphatic heterocycles. The van der Waals surface area contributed by atoms with E-state index < -0.39 is 0 Å². The maximum atomic E-state index is 5.48. The SMILES string of the molecule is C/C=C/CCC1CCC(CCCCC2CCC(OC)CC2)CC1. The minimum atomic E-state index is 0.564. The zero-order chi connectivity index (χ0) is 16.3. The van der Waals surface area contributed by atoms with Crippen molar-refractivity contribution in [3.8, 4) is 0 Å². The number of ether oxygens (including phenoxy) is 1. The topological polar surface area (TPSA) is 9.23 Å². The van der Waals surface area contributed by atoms with Gasteiger partial charge in [-0.05, 0) is 63.2 Å². The third-order valence-corrected chi connectivity index (χ3v) is 6.55. The van der Waals surface area contributed by atoms with Gasteiger partial charge in [-0.3, -0.25) is 0 Å². The Bertz CT molecular complexity index is 306.